The van der Waals surface area contributed by atoms with Gasteiger partial charge in [0.2, 0.25) is 23.2 Å². The van der Waals surface area contributed by atoms with E-state index in [0.29, 0.717) is 33.4 Å². The Kier molecular flexibility index (Phi) is 6.36. The maximum Gasteiger partial charge on any atom is 0.310 e. The molecule has 164 valence electrons. The topological polar surface area (TPSA) is 94.5 Å². The van der Waals surface area contributed by atoms with Crippen LogP contribution in [-0.2, 0) is 9.59 Å². The van der Waals surface area contributed by atoms with E-state index in [1.165, 1.54) is 11.8 Å². The van der Waals surface area contributed by atoms with Crippen molar-refractivity contribution >= 4 is 29.3 Å². The zero-order valence-electron chi connectivity index (χ0n) is 17.9. The van der Waals surface area contributed by atoms with Crippen LogP contribution in [0.5, 0.6) is 11.6 Å². The average molecular weight is 451 g/mol. The molecule has 0 radical (unpaired) electrons. The molecule has 1 aromatic heterocycles. The summed E-state index contributed by atoms with van der Waals surface area (Å²) in [4.78, 5) is 31.3. The van der Waals surface area contributed by atoms with E-state index in [-0.39, 0.29) is 30.6 Å². The number of aromatic nitrogens is 3. The molecule has 0 aliphatic carbocycles. The van der Waals surface area contributed by atoms with E-state index in [0.717, 1.165) is 0 Å². The number of esters is 1. The second kappa shape index (κ2) is 9.35. The number of carbonyl (C=O) groups is 2. The number of anilines is 1. The van der Waals surface area contributed by atoms with Gasteiger partial charge in [0.05, 0.1) is 11.3 Å². The summed E-state index contributed by atoms with van der Waals surface area (Å²) in [5.41, 5.74) is 2.27. The highest BCUT2D eigenvalue weighted by Gasteiger charge is 2.36. The van der Waals surface area contributed by atoms with E-state index in [1.807, 2.05) is 30.5 Å². The van der Waals surface area contributed by atoms with E-state index in [9.17, 15) is 9.59 Å². The third-order valence-electron chi connectivity index (χ3n) is 4.96. The number of hydrogen-bond donors (Lipinski definition) is 0. The van der Waals surface area contributed by atoms with Crippen molar-refractivity contribution in [2.24, 2.45) is 0 Å². The van der Waals surface area contributed by atoms with Crippen LogP contribution in [0.3, 0.4) is 0 Å². The number of carbonyl (C=O) groups excluding carboxylic acids is 2. The van der Waals surface area contributed by atoms with E-state index in [4.69, 9.17) is 9.47 Å². The molecule has 9 heteroatoms. The highest BCUT2D eigenvalue weighted by molar-refractivity contribution is 7.98. The SMILES string of the molecule is CCC(=O)Oc1ccccc1[C@@H]1Oc2nc(SC)nnc2-c2ccccc2N1C(=O)CC. The Morgan fingerprint density at radius 1 is 1.06 bits per heavy atom. The molecule has 0 bridgehead atoms. The fourth-order valence-corrected chi connectivity index (χ4v) is 3.71. The van der Waals surface area contributed by atoms with Crippen molar-refractivity contribution in [2.45, 2.75) is 38.1 Å². The van der Waals surface area contributed by atoms with E-state index < -0.39 is 6.23 Å². The Bertz CT molecular complexity index is 1170. The molecule has 0 spiro atoms. The van der Waals surface area contributed by atoms with Gasteiger partial charge in [-0.15, -0.1) is 10.2 Å². The minimum atomic E-state index is -0.919. The minimum absolute atomic E-state index is 0.162. The van der Waals surface area contributed by atoms with Crippen molar-refractivity contribution < 1.29 is 19.1 Å². The van der Waals surface area contributed by atoms with Gasteiger partial charge in [-0.2, -0.15) is 4.98 Å². The number of amides is 1. The standard InChI is InChI=1S/C23H22N4O4S/c1-4-18(28)27-16-12-8-6-10-14(16)20-21(24-23(32-3)26-25-20)31-22(27)15-11-7-9-13-17(15)30-19(29)5-2/h6-13,22H,4-5H2,1-3H3/t22-/m0/s1. The highest BCUT2D eigenvalue weighted by Crippen LogP contribution is 2.45. The van der Waals surface area contributed by atoms with E-state index in [1.54, 1.807) is 43.0 Å². The summed E-state index contributed by atoms with van der Waals surface area (Å²) in [5, 5.41) is 8.94. The Hall–Kier alpha value is -3.46. The van der Waals surface area contributed by atoms with Crippen LogP contribution < -0.4 is 14.4 Å². The van der Waals surface area contributed by atoms with Crippen LogP contribution in [-0.4, -0.2) is 33.3 Å². The Morgan fingerprint density at radius 2 is 1.81 bits per heavy atom. The summed E-state index contributed by atoms with van der Waals surface area (Å²) < 4.78 is 11.9. The minimum Gasteiger partial charge on any atom is -0.447 e. The molecule has 1 atom stereocenters. The lowest BCUT2D eigenvalue weighted by Gasteiger charge is -2.31. The van der Waals surface area contributed by atoms with Crippen LogP contribution >= 0.6 is 11.8 Å². The van der Waals surface area contributed by atoms with Gasteiger partial charge in [-0.1, -0.05) is 55.9 Å². The smallest absolute Gasteiger partial charge is 0.310 e. The maximum absolute atomic E-state index is 13.2. The van der Waals surface area contributed by atoms with E-state index in [2.05, 4.69) is 15.2 Å². The second-order valence-electron chi connectivity index (χ2n) is 6.92. The number of benzene rings is 2. The number of ether oxygens (including phenoxy) is 2. The molecule has 0 N–H and O–H groups in total. The molecule has 1 aliphatic rings. The van der Waals surface area contributed by atoms with Crippen molar-refractivity contribution in [3.05, 3.63) is 54.1 Å². The number of hydrogen-bond acceptors (Lipinski definition) is 8. The molecular formula is C23H22N4O4S. The molecule has 0 fully saturated rings. The molecular weight excluding hydrogens is 428 g/mol. The van der Waals surface area contributed by atoms with Crippen LogP contribution in [0.1, 0.15) is 38.5 Å². The molecule has 2 heterocycles. The average Bonchev–Trinajstić information content (AvgIpc) is 2.98. The first-order chi connectivity index (χ1) is 15.6. The summed E-state index contributed by atoms with van der Waals surface area (Å²) in [6.07, 6.45) is 1.39. The predicted octanol–water partition coefficient (Wildman–Crippen LogP) is 4.41. The molecule has 2 aromatic carbocycles. The predicted molar refractivity (Wildman–Crippen MR) is 121 cm³/mol. The lowest BCUT2D eigenvalue weighted by molar-refractivity contribution is -0.134. The molecule has 32 heavy (non-hydrogen) atoms. The molecule has 3 aromatic rings. The van der Waals surface area contributed by atoms with Crippen LogP contribution in [0.2, 0.25) is 0 Å². The zero-order valence-corrected chi connectivity index (χ0v) is 18.8. The fraction of sp³-hybridized carbons (Fsp3) is 0.261. The fourth-order valence-electron chi connectivity index (χ4n) is 3.41. The molecule has 0 unspecified atom stereocenters. The monoisotopic (exact) mass is 450 g/mol. The molecule has 0 saturated carbocycles. The van der Waals surface area contributed by atoms with Gasteiger partial charge in [0.1, 0.15) is 5.75 Å². The lowest BCUT2D eigenvalue weighted by Crippen LogP contribution is -2.37. The lowest BCUT2D eigenvalue weighted by atomic mass is 10.1. The quantitative estimate of drug-likeness (QED) is 0.320. The molecule has 8 nitrogen and oxygen atoms in total. The third kappa shape index (κ3) is 4.03. The van der Waals surface area contributed by atoms with Gasteiger partial charge in [-0.3, -0.25) is 14.5 Å². The van der Waals surface area contributed by atoms with Gasteiger partial charge in [0.25, 0.3) is 0 Å². The maximum atomic E-state index is 13.2. The van der Waals surface area contributed by atoms with Gasteiger partial charge in [-0.05, 0) is 24.5 Å². The summed E-state index contributed by atoms with van der Waals surface area (Å²) in [6, 6.07) is 14.4. The normalized spacial score (nSPS) is 14.6. The van der Waals surface area contributed by atoms with Crippen molar-refractivity contribution in [3.8, 4) is 22.9 Å². The Labute approximate surface area is 190 Å². The van der Waals surface area contributed by atoms with Crippen LogP contribution in [0.4, 0.5) is 5.69 Å². The largest absolute Gasteiger partial charge is 0.447 e. The van der Waals surface area contributed by atoms with Gasteiger partial charge in [-0.25, -0.2) is 0 Å². The summed E-state index contributed by atoms with van der Waals surface area (Å²) in [6.45, 7) is 3.51. The van der Waals surface area contributed by atoms with Gasteiger partial charge >= 0.3 is 5.97 Å². The summed E-state index contributed by atoms with van der Waals surface area (Å²) >= 11 is 1.34. The third-order valence-corrected chi connectivity index (χ3v) is 5.50. The van der Waals surface area contributed by atoms with Crippen molar-refractivity contribution in [1.82, 2.24) is 15.2 Å². The molecule has 0 saturated heterocycles. The first-order valence-corrected chi connectivity index (χ1v) is 11.5. The van der Waals surface area contributed by atoms with Crippen molar-refractivity contribution in [3.63, 3.8) is 0 Å². The number of thioether (sulfide) groups is 1. The highest BCUT2D eigenvalue weighted by atomic mass is 32.2. The number of para-hydroxylation sites is 2. The van der Waals surface area contributed by atoms with Crippen molar-refractivity contribution in [2.75, 3.05) is 11.2 Å². The van der Waals surface area contributed by atoms with E-state index >= 15 is 0 Å². The first kappa shape index (κ1) is 21.8. The number of nitrogens with zero attached hydrogens (tertiary/aromatic N) is 4. The number of rotatable bonds is 5. The van der Waals surface area contributed by atoms with Gasteiger partial charge in [0, 0.05) is 18.4 Å². The first-order valence-electron chi connectivity index (χ1n) is 10.2. The van der Waals surface area contributed by atoms with Gasteiger partial charge < -0.3 is 9.47 Å². The molecule has 1 amide bonds. The van der Waals surface area contributed by atoms with Crippen LogP contribution in [0.15, 0.2) is 53.7 Å². The number of fused-ring (bicyclic) bond motifs is 3. The summed E-state index contributed by atoms with van der Waals surface area (Å²) in [7, 11) is 0. The Balaban J connectivity index is 1.96. The van der Waals surface area contributed by atoms with Crippen molar-refractivity contribution in [1.29, 1.82) is 0 Å². The van der Waals surface area contributed by atoms with Gasteiger partial charge in [0.15, 0.2) is 5.69 Å². The molecule has 1 aliphatic heterocycles. The summed E-state index contributed by atoms with van der Waals surface area (Å²) in [5.74, 6) is 0.0370. The van der Waals surface area contributed by atoms with Crippen LogP contribution in [0, 0.1) is 0 Å². The molecule has 4 rings (SSSR count). The Morgan fingerprint density at radius 3 is 2.56 bits per heavy atom. The van der Waals surface area contributed by atoms with Crippen LogP contribution in [0.25, 0.3) is 11.3 Å². The second-order valence-corrected chi connectivity index (χ2v) is 7.70. The zero-order chi connectivity index (χ0) is 22.7.